The Bertz CT molecular complexity index is 1110. The largest absolute Gasteiger partial charge is 0.487 e. The Kier molecular flexibility index (Phi) is 4.19. The highest BCUT2D eigenvalue weighted by Gasteiger charge is 2.57. The lowest BCUT2D eigenvalue weighted by molar-refractivity contribution is -0.137. The van der Waals surface area contributed by atoms with E-state index in [-0.39, 0.29) is 5.91 Å². The molecule has 2 aromatic rings. The zero-order chi connectivity index (χ0) is 20.9. The van der Waals surface area contributed by atoms with Crippen LogP contribution in [0, 0.1) is 11.3 Å². The van der Waals surface area contributed by atoms with Crippen molar-refractivity contribution in [3.8, 4) is 22.9 Å². The van der Waals surface area contributed by atoms with Crippen molar-refractivity contribution in [2.75, 3.05) is 20.3 Å². The van der Waals surface area contributed by atoms with Gasteiger partial charge in [-0.3, -0.25) is 9.79 Å². The van der Waals surface area contributed by atoms with Crippen LogP contribution in [0.5, 0.6) is 5.75 Å². The van der Waals surface area contributed by atoms with Crippen molar-refractivity contribution in [1.82, 2.24) is 4.90 Å². The first kappa shape index (κ1) is 18.8. The maximum absolute atomic E-state index is 13.5. The molecule has 3 aliphatic heterocycles. The molecule has 0 N–H and O–H groups in total. The van der Waals surface area contributed by atoms with E-state index >= 15 is 0 Å². The van der Waals surface area contributed by atoms with Crippen molar-refractivity contribution < 1.29 is 14.3 Å². The summed E-state index contributed by atoms with van der Waals surface area (Å²) >= 11 is 0. The number of aliphatic imine (C=N–C) groups is 1. The van der Waals surface area contributed by atoms with Crippen molar-refractivity contribution in [3.05, 3.63) is 53.6 Å². The number of amidine groups is 1. The van der Waals surface area contributed by atoms with E-state index in [0.717, 1.165) is 29.5 Å². The highest BCUT2D eigenvalue weighted by molar-refractivity contribution is 6.08. The molecule has 3 aliphatic rings. The summed E-state index contributed by atoms with van der Waals surface area (Å²) in [7, 11) is 1.78. The van der Waals surface area contributed by atoms with Crippen molar-refractivity contribution in [3.63, 3.8) is 0 Å². The summed E-state index contributed by atoms with van der Waals surface area (Å²) in [5, 5.41) is 9.25. The average Bonchev–Trinajstić information content (AvgIpc) is 2.98. The fourth-order valence-electron chi connectivity index (χ4n) is 4.86. The topological polar surface area (TPSA) is 74.9 Å². The fraction of sp³-hybridized carbons (Fsp3) is 0.375. The van der Waals surface area contributed by atoms with Gasteiger partial charge < -0.3 is 14.4 Å². The molecule has 0 saturated carbocycles. The summed E-state index contributed by atoms with van der Waals surface area (Å²) in [5.41, 5.74) is 1.84. The first-order chi connectivity index (χ1) is 14.5. The van der Waals surface area contributed by atoms with Crippen LogP contribution >= 0.6 is 0 Å². The molecule has 0 radical (unpaired) electrons. The molecule has 152 valence electrons. The SMILES string of the molecule is CC1=NC2(CC3(CCOCC3)Oc3ccc(-c4cccc(C#N)c4)cc32)C(=O)N1C. The van der Waals surface area contributed by atoms with E-state index in [2.05, 4.69) is 6.07 Å². The molecule has 0 aliphatic carbocycles. The number of fused-ring (bicyclic) bond motifs is 2. The number of hydrogen-bond donors (Lipinski definition) is 0. The average molecular weight is 401 g/mol. The summed E-state index contributed by atoms with van der Waals surface area (Å²) < 4.78 is 12.1. The van der Waals surface area contributed by atoms with E-state index in [0.29, 0.717) is 36.8 Å². The van der Waals surface area contributed by atoms with E-state index in [1.54, 1.807) is 18.0 Å². The summed E-state index contributed by atoms with van der Waals surface area (Å²) in [6, 6.07) is 15.6. The predicted molar refractivity (Wildman–Crippen MR) is 112 cm³/mol. The molecule has 1 saturated heterocycles. The van der Waals surface area contributed by atoms with Gasteiger partial charge in [-0.05, 0) is 42.3 Å². The summed E-state index contributed by atoms with van der Waals surface area (Å²) in [5.74, 6) is 1.41. The second kappa shape index (κ2) is 6.68. The molecule has 30 heavy (non-hydrogen) atoms. The molecule has 1 unspecified atom stereocenters. The molecule has 0 bridgehead atoms. The summed E-state index contributed by atoms with van der Waals surface area (Å²) in [6.45, 7) is 3.12. The Balaban J connectivity index is 1.68. The van der Waals surface area contributed by atoms with Crippen LogP contribution in [0.15, 0.2) is 47.5 Å². The Morgan fingerprint density at radius 2 is 1.90 bits per heavy atom. The molecule has 3 heterocycles. The maximum Gasteiger partial charge on any atom is 0.260 e. The lowest BCUT2D eigenvalue weighted by Crippen LogP contribution is -2.53. The first-order valence-electron chi connectivity index (χ1n) is 10.2. The van der Waals surface area contributed by atoms with Gasteiger partial charge in [0, 0.05) is 31.9 Å². The number of carbonyl (C=O) groups excluding carboxylic acids is 1. The molecule has 1 atom stereocenters. The molecular weight excluding hydrogens is 378 g/mol. The van der Waals surface area contributed by atoms with E-state index in [1.807, 2.05) is 43.3 Å². The van der Waals surface area contributed by atoms with Crippen LogP contribution in [0.1, 0.15) is 37.3 Å². The molecule has 5 rings (SSSR count). The smallest absolute Gasteiger partial charge is 0.260 e. The van der Waals surface area contributed by atoms with Gasteiger partial charge in [-0.2, -0.15) is 5.26 Å². The fourth-order valence-corrected chi connectivity index (χ4v) is 4.86. The van der Waals surface area contributed by atoms with Crippen LogP contribution in [-0.2, 0) is 15.1 Å². The van der Waals surface area contributed by atoms with Crippen LogP contribution in [0.3, 0.4) is 0 Å². The Labute approximate surface area is 175 Å². The molecule has 2 spiro atoms. The number of amides is 1. The van der Waals surface area contributed by atoms with Gasteiger partial charge in [0.1, 0.15) is 17.2 Å². The van der Waals surface area contributed by atoms with Gasteiger partial charge in [0.15, 0.2) is 5.54 Å². The Hall–Kier alpha value is -3.17. The number of hydrogen-bond acceptors (Lipinski definition) is 5. The van der Waals surface area contributed by atoms with E-state index in [1.165, 1.54) is 0 Å². The highest BCUT2D eigenvalue weighted by Crippen LogP contribution is 2.52. The van der Waals surface area contributed by atoms with Crippen LogP contribution < -0.4 is 4.74 Å². The predicted octanol–water partition coefficient (Wildman–Crippen LogP) is 3.64. The van der Waals surface area contributed by atoms with Crippen LogP contribution in [-0.4, -0.2) is 42.5 Å². The summed E-state index contributed by atoms with van der Waals surface area (Å²) in [4.78, 5) is 20.1. The zero-order valence-corrected chi connectivity index (χ0v) is 17.1. The van der Waals surface area contributed by atoms with Gasteiger partial charge >= 0.3 is 0 Å². The van der Waals surface area contributed by atoms with E-state index in [9.17, 15) is 10.1 Å². The van der Waals surface area contributed by atoms with Crippen LogP contribution in [0.25, 0.3) is 11.1 Å². The Morgan fingerprint density at radius 3 is 2.60 bits per heavy atom. The second-order valence-electron chi connectivity index (χ2n) is 8.36. The van der Waals surface area contributed by atoms with Crippen LogP contribution in [0.4, 0.5) is 0 Å². The lowest BCUT2D eigenvalue weighted by Gasteiger charge is -2.46. The molecular formula is C24H23N3O3. The number of nitrogens with zero attached hydrogens (tertiary/aromatic N) is 3. The zero-order valence-electron chi connectivity index (χ0n) is 17.1. The minimum Gasteiger partial charge on any atom is -0.487 e. The normalized spacial score (nSPS) is 24.4. The number of rotatable bonds is 1. The molecule has 6 nitrogen and oxygen atoms in total. The molecule has 6 heteroatoms. The number of nitriles is 1. The molecule has 1 amide bonds. The van der Waals surface area contributed by atoms with Gasteiger partial charge in [0.05, 0.1) is 24.8 Å². The third kappa shape index (κ3) is 2.73. The quantitative estimate of drug-likeness (QED) is 0.731. The highest BCUT2D eigenvalue weighted by atomic mass is 16.5. The minimum atomic E-state index is -0.980. The number of carbonyl (C=O) groups is 1. The van der Waals surface area contributed by atoms with Gasteiger partial charge in [-0.25, -0.2) is 0 Å². The van der Waals surface area contributed by atoms with Crippen molar-refractivity contribution in [1.29, 1.82) is 5.26 Å². The second-order valence-corrected chi connectivity index (χ2v) is 8.36. The molecule has 0 aromatic heterocycles. The number of likely N-dealkylation sites (N-methyl/N-ethyl adjacent to an activating group) is 1. The number of ether oxygens (including phenoxy) is 2. The van der Waals surface area contributed by atoms with E-state index < -0.39 is 11.1 Å². The minimum absolute atomic E-state index is 0.0154. The first-order valence-corrected chi connectivity index (χ1v) is 10.2. The number of benzene rings is 2. The van der Waals surface area contributed by atoms with Gasteiger partial charge in [0.2, 0.25) is 0 Å². The van der Waals surface area contributed by atoms with E-state index in [4.69, 9.17) is 14.5 Å². The third-order valence-electron chi connectivity index (χ3n) is 6.56. The van der Waals surface area contributed by atoms with Crippen LogP contribution in [0.2, 0.25) is 0 Å². The van der Waals surface area contributed by atoms with Gasteiger partial charge in [-0.15, -0.1) is 0 Å². The summed E-state index contributed by atoms with van der Waals surface area (Å²) in [6.07, 6.45) is 2.00. The van der Waals surface area contributed by atoms with Crippen molar-refractivity contribution in [2.24, 2.45) is 4.99 Å². The molecule has 1 fully saturated rings. The van der Waals surface area contributed by atoms with Crippen molar-refractivity contribution >= 4 is 11.7 Å². The van der Waals surface area contributed by atoms with Crippen molar-refractivity contribution in [2.45, 2.75) is 37.3 Å². The molecule has 2 aromatic carbocycles. The maximum atomic E-state index is 13.5. The van der Waals surface area contributed by atoms with Gasteiger partial charge in [-0.1, -0.05) is 18.2 Å². The third-order valence-corrected chi connectivity index (χ3v) is 6.56. The monoisotopic (exact) mass is 401 g/mol. The standard InChI is InChI=1S/C24H23N3O3/c1-16-26-24(22(28)27(16)2)15-23(8-10-29-11-9-23)30-21-7-6-19(13-20(21)24)18-5-3-4-17(12-18)14-25/h3-7,12-13H,8-11,15H2,1-2H3. The Morgan fingerprint density at radius 1 is 1.13 bits per heavy atom. The lowest BCUT2D eigenvalue weighted by atomic mass is 9.73. The van der Waals surface area contributed by atoms with Gasteiger partial charge in [0.25, 0.3) is 5.91 Å².